The molecule has 3 saturated heterocycles. The van der Waals surface area contributed by atoms with Crippen LogP contribution >= 0.6 is 0 Å². The van der Waals surface area contributed by atoms with E-state index in [0.717, 1.165) is 65.2 Å². The van der Waals surface area contributed by atoms with Crippen LogP contribution in [0.1, 0.15) is 37.7 Å². The average molecular weight is 349 g/mol. The van der Waals surface area contributed by atoms with E-state index in [1.165, 1.54) is 12.0 Å². The van der Waals surface area contributed by atoms with Crippen molar-refractivity contribution < 1.29 is 14.2 Å². The van der Waals surface area contributed by atoms with Crippen LogP contribution in [0, 0.1) is 5.92 Å². The second-order valence-electron chi connectivity index (χ2n) is 7.82. The Labute approximate surface area is 150 Å². The normalized spacial score (nSPS) is 31.3. The SMILES string of the molecule is Cn1cc(CN2CC[C@@H]3O[C@@H](COCC4CCOCC4)CC[C@@H]32)cn1. The maximum Gasteiger partial charge on any atom is 0.0813 e. The summed E-state index contributed by atoms with van der Waals surface area (Å²) >= 11 is 0. The van der Waals surface area contributed by atoms with Crippen molar-refractivity contribution in [2.75, 3.05) is 33.0 Å². The van der Waals surface area contributed by atoms with E-state index in [9.17, 15) is 0 Å². The van der Waals surface area contributed by atoms with Crippen LogP contribution in [0.25, 0.3) is 0 Å². The number of nitrogens with zero attached hydrogens (tertiary/aromatic N) is 3. The summed E-state index contributed by atoms with van der Waals surface area (Å²) in [6.07, 6.45) is 10.5. The third-order valence-electron chi connectivity index (χ3n) is 5.89. The van der Waals surface area contributed by atoms with Crippen LogP contribution in [0.2, 0.25) is 0 Å². The molecule has 6 heteroatoms. The summed E-state index contributed by atoms with van der Waals surface area (Å²) in [7, 11) is 1.98. The van der Waals surface area contributed by atoms with E-state index in [-0.39, 0.29) is 6.10 Å². The van der Waals surface area contributed by atoms with E-state index in [4.69, 9.17) is 14.2 Å². The van der Waals surface area contributed by atoms with Crippen LogP contribution < -0.4 is 0 Å². The Bertz CT molecular complexity index is 544. The third-order valence-corrected chi connectivity index (χ3v) is 5.89. The van der Waals surface area contributed by atoms with Crippen molar-refractivity contribution in [2.45, 2.75) is 56.9 Å². The Balaban J connectivity index is 1.20. The molecule has 0 bridgehead atoms. The van der Waals surface area contributed by atoms with E-state index in [0.29, 0.717) is 18.1 Å². The second-order valence-corrected chi connectivity index (χ2v) is 7.82. The van der Waals surface area contributed by atoms with Gasteiger partial charge in [-0.05, 0) is 38.0 Å². The fourth-order valence-electron chi connectivity index (χ4n) is 4.47. The van der Waals surface area contributed by atoms with Crippen LogP contribution in [0.4, 0.5) is 0 Å². The molecule has 6 nitrogen and oxygen atoms in total. The Hall–Kier alpha value is -0.950. The predicted octanol–water partition coefficient (Wildman–Crippen LogP) is 1.99. The van der Waals surface area contributed by atoms with Crippen molar-refractivity contribution in [1.29, 1.82) is 0 Å². The fourth-order valence-corrected chi connectivity index (χ4v) is 4.47. The lowest BCUT2D eigenvalue weighted by Gasteiger charge is -2.36. The van der Waals surface area contributed by atoms with Crippen molar-refractivity contribution in [3.8, 4) is 0 Å². The summed E-state index contributed by atoms with van der Waals surface area (Å²) in [6, 6.07) is 0.562. The number of aryl methyl sites for hydroxylation is 1. The molecule has 3 atom stereocenters. The molecule has 0 saturated carbocycles. The lowest BCUT2D eigenvalue weighted by Crippen LogP contribution is -2.43. The molecule has 0 unspecified atom stereocenters. The molecule has 4 rings (SSSR count). The van der Waals surface area contributed by atoms with Crippen LogP contribution in [0.5, 0.6) is 0 Å². The maximum atomic E-state index is 6.36. The number of rotatable bonds is 6. The van der Waals surface area contributed by atoms with Gasteiger partial charge < -0.3 is 14.2 Å². The minimum absolute atomic E-state index is 0.277. The Morgan fingerprint density at radius 1 is 1.16 bits per heavy atom. The molecule has 140 valence electrons. The van der Waals surface area contributed by atoms with Gasteiger partial charge >= 0.3 is 0 Å². The van der Waals surface area contributed by atoms with Gasteiger partial charge in [0.1, 0.15) is 0 Å². The molecule has 4 heterocycles. The first-order chi connectivity index (χ1) is 12.3. The summed E-state index contributed by atoms with van der Waals surface area (Å²) in [5.41, 5.74) is 1.30. The van der Waals surface area contributed by atoms with E-state index in [2.05, 4.69) is 16.2 Å². The number of hydrogen-bond acceptors (Lipinski definition) is 5. The van der Waals surface area contributed by atoms with E-state index >= 15 is 0 Å². The average Bonchev–Trinajstić information content (AvgIpc) is 3.22. The van der Waals surface area contributed by atoms with Gasteiger partial charge in [-0.1, -0.05) is 0 Å². The molecule has 3 aliphatic rings. The highest BCUT2D eigenvalue weighted by atomic mass is 16.5. The highest BCUT2D eigenvalue weighted by Crippen LogP contribution is 2.32. The van der Waals surface area contributed by atoms with Gasteiger partial charge in [0.05, 0.1) is 25.0 Å². The van der Waals surface area contributed by atoms with Crippen molar-refractivity contribution >= 4 is 0 Å². The Morgan fingerprint density at radius 3 is 2.84 bits per heavy atom. The first-order valence-corrected chi connectivity index (χ1v) is 9.80. The quantitative estimate of drug-likeness (QED) is 0.786. The molecule has 3 aliphatic heterocycles. The smallest absolute Gasteiger partial charge is 0.0813 e. The van der Waals surface area contributed by atoms with Gasteiger partial charge in [0.25, 0.3) is 0 Å². The molecule has 1 aromatic rings. The van der Waals surface area contributed by atoms with Gasteiger partial charge in [0.2, 0.25) is 0 Å². The molecule has 0 aliphatic carbocycles. The molecule has 0 N–H and O–H groups in total. The van der Waals surface area contributed by atoms with Crippen LogP contribution in [-0.2, 0) is 27.8 Å². The minimum atomic E-state index is 0.277. The molecule has 0 spiro atoms. The van der Waals surface area contributed by atoms with Crippen molar-refractivity contribution in [3.05, 3.63) is 18.0 Å². The van der Waals surface area contributed by atoms with Crippen LogP contribution in [-0.4, -0.2) is 65.9 Å². The first kappa shape index (κ1) is 17.5. The number of aromatic nitrogens is 2. The third kappa shape index (κ3) is 4.42. The van der Waals surface area contributed by atoms with Gasteiger partial charge in [-0.3, -0.25) is 9.58 Å². The molecular formula is C19H31N3O3. The molecule has 0 aromatic carbocycles. The molecule has 1 aromatic heterocycles. The highest BCUT2D eigenvalue weighted by Gasteiger charge is 2.39. The zero-order chi connectivity index (χ0) is 17.1. The molecule has 3 fully saturated rings. The summed E-state index contributed by atoms with van der Waals surface area (Å²) in [6.45, 7) is 5.52. The minimum Gasteiger partial charge on any atom is -0.381 e. The Kier molecular flexibility index (Phi) is 5.70. The summed E-state index contributed by atoms with van der Waals surface area (Å²) in [5, 5.41) is 4.28. The van der Waals surface area contributed by atoms with Gasteiger partial charge in [-0.2, -0.15) is 5.10 Å². The van der Waals surface area contributed by atoms with Crippen molar-refractivity contribution in [1.82, 2.24) is 14.7 Å². The molecular weight excluding hydrogens is 318 g/mol. The number of hydrogen-bond donors (Lipinski definition) is 0. The van der Waals surface area contributed by atoms with Crippen molar-refractivity contribution in [2.24, 2.45) is 13.0 Å². The van der Waals surface area contributed by atoms with Gasteiger partial charge in [-0.25, -0.2) is 0 Å². The predicted molar refractivity (Wildman–Crippen MR) is 94.3 cm³/mol. The molecule has 25 heavy (non-hydrogen) atoms. The summed E-state index contributed by atoms with van der Waals surface area (Å²) in [5.74, 6) is 0.673. The van der Waals surface area contributed by atoms with Gasteiger partial charge in [0.15, 0.2) is 0 Å². The highest BCUT2D eigenvalue weighted by molar-refractivity contribution is 5.05. The van der Waals surface area contributed by atoms with E-state index in [1.807, 2.05) is 17.9 Å². The van der Waals surface area contributed by atoms with Gasteiger partial charge in [0, 0.05) is 57.8 Å². The Morgan fingerprint density at radius 2 is 2.04 bits per heavy atom. The number of ether oxygens (including phenoxy) is 3. The fraction of sp³-hybridized carbons (Fsp3) is 0.842. The lowest BCUT2D eigenvalue weighted by molar-refractivity contribution is -0.105. The maximum absolute atomic E-state index is 6.36. The van der Waals surface area contributed by atoms with Crippen LogP contribution in [0.3, 0.4) is 0 Å². The van der Waals surface area contributed by atoms with Crippen molar-refractivity contribution in [3.63, 3.8) is 0 Å². The zero-order valence-electron chi connectivity index (χ0n) is 15.3. The largest absolute Gasteiger partial charge is 0.381 e. The van der Waals surface area contributed by atoms with Gasteiger partial charge in [-0.15, -0.1) is 0 Å². The monoisotopic (exact) mass is 349 g/mol. The first-order valence-electron chi connectivity index (χ1n) is 9.80. The molecule has 0 radical (unpaired) electrons. The number of fused-ring (bicyclic) bond motifs is 1. The number of likely N-dealkylation sites (tertiary alicyclic amines) is 1. The van der Waals surface area contributed by atoms with E-state index in [1.54, 1.807) is 0 Å². The van der Waals surface area contributed by atoms with Crippen LogP contribution in [0.15, 0.2) is 12.4 Å². The second kappa shape index (κ2) is 8.16. The lowest BCUT2D eigenvalue weighted by atomic mass is 9.99. The molecule has 0 amide bonds. The van der Waals surface area contributed by atoms with E-state index < -0.39 is 0 Å². The topological polar surface area (TPSA) is 48.8 Å². The summed E-state index contributed by atoms with van der Waals surface area (Å²) < 4.78 is 19.6. The standard InChI is InChI=1S/C19H31N3O3/c1-21-11-16(10-20-21)12-22-7-4-19-18(22)3-2-17(25-19)14-24-13-15-5-8-23-9-6-15/h10-11,15,17-19H,2-9,12-14H2,1H3/t17-,18+,19+/m1/s1. The summed E-state index contributed by atoms with van der Waals surface area (Å²) in [4.78, 5) is 2.57. The zero-order valence-corrected chi connectivity index (χ0v) is 15.3.